The molecule has 7 heteroatoms. The van der Waals surface area contributed by atoms with Gasteiger partial charge in [0.15, 0.2) is 0 Å². The van der Waals surface area contributed by atoms with E-state index in [1.165, 1.54) is 6.42 Å². The number of carbonyl (C=O) groups is 2. The fourth-order valence-corrected chi connectivity index (χ4v) is 4.14. The molecule has 1 aromatic rings. The van der Waals surface area contributed by atoms with Gasteiger partial charge in [-0.05, 0) is 39.5 Å². The number of nitrogens with zero attached hydrogens (tertiary/aromatic N) is 2. The van der Waals surface area contributed by atoms with Crippen LogP contribution in [0.3, 0.4) is 0 Å². The molecule has 0 spiro atoms. The third-order valence-corrected chi connectivity index (χ3v) is 6.03. The summed E-state index contributed by atoms with van der Waals surface area (Å²) >= 11 is 0. The molecule has 2 fully saturated rings. The molecule has 0 atom stereocenters. The van der Waals surface area contributed by atoms with Crippen molar-refractivity contribution in [3.8, 4) is 6.07 Å². The van der Waals surface area contributed by atoms with Gasteiger partial charge in [0.25, 0.3) is 0 Å². The molecule has 2 aliphatic rings. The van der Waals surface area contributed by atoms with Crippen LogP contribution >= 0.6 is 0 Å². The van der Waals surface area contributed by atoms with Crippen molar-refractivity contribution < 1.29 is 14.0 Å². The quantitative estimate of drug-likeness (QED) is 0.811. The van der Waals surface area contributed by atoms with E-state index in [-0.39, 0.29) is 36.2 Å². The van der Waals surface area contributed by atoms with Gasteiger partial charge in [-0.2, -0.15) is 5.26 Å². The molecular formula is C21H30N4O3. The van der Waals surface area contributed by atoms with Crippen molar-refractivity contribution in [2.45, 2.75) is 64.8 Å². The maximum Gasteiger partial charge on any atom is 0.240 e. The number of nitrogens with one attached hydrogen (secondary N) is 2. The van der Waals surface area contributed by atoms with E-state index in [4.69, 9.17) is 4.42 Å². The molecule has 152 valence electrons. The Labute approximate surface area is 166 Å². The van der Waals surface area contributed by atoms with Gasteiger partial charge in [0, 0.05) is 30.6 Å². The molecule has 0 bridgehead atoms. The summed E-state index contributed by atoms with van der Waals surface area (Å²) in [6, 6.07) is 2.29. The van der Waals surface area contributed by atoms with Gasteiger partial charge in [0.1, 0.15) is 17.4 Å². The number of carbonyl (C=O) groups excluding carboxylic acids is 2. The molecule has 1 aromatic heterocycles. The van der Waals surface area contributed by atoms with Crippen molar-refractivity contribution in [2.24, 2.45) is 5.92 Å². The number of likely N-dealkylation sites (tertiary alicyclic amines) is 1. The second-order valence-electron chi connectivity index (χ2n) is 8.04. The van der Waals surface area contributed by atoms with Crippen molar-refractivity contribution in [2.75, 3.05) is 25.0 Å². The van der Waals surface area contributed by atoms with Gasteiger partial charge >= 0.3 is 0 Å². The van der Waals surface area contributed by atoms with Gasteiger partial charge in [0.2, 0.25) is 17.7 Å². The molecule has 2 N–H and O–H groups in total. The van der Waals surface area contributed by atoms with Crippen LogP contribution in [0.5, 0.6) is 0 Å². The lowest BCUT2D eigenvalue weighted by Gasteiger charge is -2.33. The zero-order valence-corrected chi connectivity index (χ0v) is 16.8. The van der Waals surface area contributed by atoms with Crippen molar-refractivity contribution in [1.82, 2.24) is 10.2 Å². The van der Waals surface area contributed by atoms with E-state index in [9.17, 15) is 14.9 Å². The summed E-state index contributed by atoms with van der Waals surface area (Å²) in [6.45, 7) is 5.37. The summed E-state index contributed by atoms with van der Waals surface area (Å²) in [7, 11) is 0. The van der Waals surface area contributed by atoms with E-state index in [2.05, 4.69) is 21.6 Å². The Balaban J connectivity index is 1.43. The minimum atomic E-state index is -0.185. The summed E-state index contributed by atoms with van der Waals surface area (Å²) in [5.41, 5.74) is 1.14. The fraction of sp³-hybridized carbons (Fsp3) is 0.667. The first-order valence-corrected chi connectivity index (χ1v) is 10.3. The molecule has 0 radical (unpaired) electrons. The Kier molecular flexibility index (Phi) is 6.74. The maximum absolute atomic E-state index is 12.4. The van der Waals surface area contributed by atoms with E-state index in [1.54, 1.807) is 13.8 Å². The Hall–Kier alpha value is -2.33. The SMILES string of the molecule is Cc1oc(NC(=O)CN2CCC(NC(=O)C3CCCCC3)CC2)c(C#N)c1C. The molecule has 1 saturated carbocycles. The van der Waals surface area contributed by atoms with Crippen LogP contribution in [0.2, 0.25) is 0 Å². The van der Waals surface area contributed by atoms with E-state index in [1.807, 2.05) is 0 Å². The normalized spacial score (nSPS) is 19.2. The highest BCUT2D eigenvalue weighted by atomic mass is 16.4. The zero-order chi connectivity index (χ0) is 20.1. The number of amides is 2. The molecule has 0 unspecified atom stereocenters. The van der Waals surface area contributed by atoms with Crippen LogP contribution in [-0.4, -0.2) is 42.4 Å². The monoisotopic (exact) mass is 386 g/mol. The highest BCUT2D eigenvalue weighted by molar-refractivity contribution is 5.92. The number of anilines is 1. The second kappa shape index (κ2) is 9.24. The first-order chi connectivity index (χ1) is 13.5. The number of piperidine rings is 1. The molecule has 2 heterocycles. The van der Waals surface area contributed by atoms with Gasteiger partial charge < -0.3 is 9.73 Å². The van der Waals surface area contributed by atoms with Crippen LogP contribution in [0.15, 0.2) is 4.42 Å². The molecule has 7 nitrogen and oxygen atoms in total. The number of rotatable bonds is 5. The standard InChI is InChI=1S/C21H30N4O3/c1-14-15(2)28-21(18(14)12-22)24-19(26)13-25-10-8-17(9-11-25)23-20(27)16-6-4-3-5-7-16/h16-17H,3-11,13H2,1-2H3,(H,23,27)(H,24,26). The summed E-state index contributed by atoms with van der Waals surface area (Å²) < 4.78 is 5.49. The highest BCUT2D eigenvalue weighted by Gasteiger charge is 2.26. The van der Waals surface area contributed by atoms with Gasteiger partial charge in [-0.1, -0.05) is 19.3 Å². The first-order valence-electron chi connectivity index (χ1n) is 10.3. The fourth-order valence-electron chi connectivity index (χ4n) is 4.14. The number of hydrogen-bond acceptors (Lipinski definition) is 5. The highest BCUT2D eigenvalue weighted by Crippen LogP contribution is 2.26. The maximum atomic E-state index is 12.4. The van der Waals surface area contributed by atoms with Crippen molar-refractivity contribution in [3.63, 3.8) is 0 Å². The van der Waals surface area contributed by atoms with Gasteiger partial charge in [0.05, 0.1) is 6.54 Å². The van der Waals surface area contributed by atoms with E-state index < -0.39 is 0 Å². The van der Waals surface area contributed by atoms with Gasteiger partial charge in [-0.15, -0.1) is 0 Å². The van der Waals surface area contributed by atoms with Crippen LogP contribution in [0.1, 0.15) is 61.8 Å². The average molecular weight is 386 g/mol. The smallest absolute Gasteiger partial charge is 0.240 e. The number of aryl methyl sites for hydroxylation is 1. The number of nitriles is 1. The minimum absolute atomic E-state index is 0.185. The predicted octanol–water partition coefficient (Wildman–Crippen LogP) is 2.87. The van der Waals surface area contributed by atoms with Gasteiger partial charge in [-0.3, -0.25) is 19.8 Å². The summed E-state index contributed by atoms with van der Waals surface area (Å²) in [6.07, 6.45) is 7.31. The van der Waals surface area contributed by atoms with E-state index in [0.717, 1.165) is 57.2 Å². The lowest BCUT2D eigenvalue weighted by atomic mass is 9.88. The summed E-state index contributed by atoms with van der Waals surface area (Å²) in [5, 5.41) is 15.2. The van der Waals surface area contributed by atoms with Crippen LogP contribution < -0.4 is 10.6 Å². The first kappa shape index (κ1) is 20.4. The predicted molar refractivity (Wildman–Crippen MR) is 106 cm³/mol. The lowest BCUT2D eigenvalue weighted by Crippen LogP contribution is -2.48. The Morgan fingerprint density at radius 1 is 1.14 bits per heavy atom. The molecule has 3 rings (SSSR count). The third kappa shape index (κ3) is 4.93. The zero-order valence-electron chi connectivity index (χ0n) is 16.8. The number of furan rings is 1. The third-order valence-electron chi connectivity index (χ3n) is 6.03. The Bertz CT molecular complexity index is 750. The minimum Gasteiger partial charge on any atom is -0.444 e. The molecule has 28 heavy (non-hydrogen) atoms. The van der Waals surface area contributed by atoms with Crippen LogP contribution in [0.4, 0.5) is 5.88 Å². The van der Waals surface area contributed by atoms with E-state index in [0.29, 0.717) is 11.3 Å². The largest absolute Gasteiger partial charge is 0.444 e. The molecule has 1 aliphatic carbocycles. The molecular weight excluding hydrogens is 356 g/mol. The lowest BCUT2D eigenvalue weighted by molar-refractivity contribution is -0.127. The van der Waals surface area contributed by atoms with Crippen molar-refractivity contribution in [1.29, 1.82) is 5.26 Å². The van der Waals surface area contributed by atoms with Crippen LogP contribution in [0, 0.1) is 31.1 Å². The van der Waals surface area contributed by atoms with Crippen LogP contribution in [-0.2, 0) is 9.59 Å². The second-order valence-corrected chi connectivity index (χ2v) is 8.04. The van der Waals surface area contributed by atoms with Crippen molar-refractivity contribution >= 4 is 17.7 Å². The molecule has 1 saturated heterocycles. The summed E-state index contributed by atoms with van der Waals surface area (Å²) in [5.74, 6) is 1.09. The van der Waals surface area contributed by atoms with Crippen molar-refractivity contribution in [3.05, 3.63) is 16.9 Å². The number of hydrogen-bond donors (Lipinski definition) is 2. The summed E-state index contributed by atoms with van der Waals surface area (Å²) in [4.78, 5) is 26.8. The average Bonchev–Trinajstić information content (AvgIpc) is 2.96. The Morgan fingerprint density at radius 2 is 1.82 bits per heavy atom. The molecule has 1 aliphatic heterocycles. The van der Waals surface area contributed by atoms with E-state index >= 15 is 0 Å². The van der Waals surface area contributed by atoms with Gasteiger partial charge in [-0.25, -0.2) is 0 Å². The Morgan fingerprint density at radius 3 is 2.46 bits per heavy atom. The molecule has 0 aromatic carbocycles. The topological polar surface area (TPSA) is 98.4 Å². The molecule has 2 amide bonds. The van der Waals surface area contributed by atoms with Crippen LogP contribution in [0.25, 0.3) is 0 Å².